The number of benzene rings is 2. The number of rotatable bonds is 7. The van der Waals surface area contributed by atoms with Crippen LogP contribution in [0.5, 0.6) is 0 Å². The van der Waals surface area contributed by atoms with Gasteiger partial charge in [-0.15, -0.1) is 0 Å². The molecular formula is C26H27N3O4. The molecule has 3 aromatic rings. The molecule has 2 aliphatic rings. The number of fused-ring (bicyclic) bond motifs is 3. The van der Waals surface area contributed by atoms with Crippen LogP contribution in [-0.4, -0.2) is 44.3 Å². The first kappa shape index (κ1) is 21.2. The van der Waals surface area contributed by atoms with Crippen molar-refractivity contribution in [1.82, 2.24) is 14.5 Å². The third-order valence-electron chi connectivity index (χ3n) is 6.53. The zero-order valence-electron chi connectivity index (χ0n) is 18.7. The molecule has 33 heavy (non-hydrogen) atoms. The summed E-state index contributed by atoms with van der Waals surface area (Å²) in [4.78, 5) is 31.1. The van der Waals surface area contributed by atoms with Crippen molar-refractivity contribution in [3.63, 3.8) is 0 Å². The van der Waals surface area contributed by atoms with Crippen molar-refractivity contribution in [2.24, 2.45) is 0 Å². The number of carboxylic acids is 1. The van der Waals surface area contributed by atoms with E-state index in [0.717, 1.165) is 35.1 Å². The summed E-state index contributed by atoms with van der Waals surface area (Å²) in [7, 11) is 0. The zero-order chi connectivity index (χ0) is 23.1. The fourth-order valence-corrected chi connectivity index (χ4v) is 4.86. The molecule has 2 aliphatic carbocycles. The van der Waals surface area contributed by atoms with Crippen LogP contribution in [0.2, 0.25) is 0 Å². The fourth-order valence-electron chi connectivity index (χ4n) is 4.86. The number of imidazole rings is 1. The van der Waals surface area contributed by atoms with Crippen LogP contribution in [0, 0.1) is 0 Å². The molecular weight excluding hydrogens is 418 g/mol. The SMILES string of the molecule is CC(C)N(C(=O)OCC1c2ccccc2-c2ccccc21)C(C(=O)O)c1cncn1C1CC1. The number of aliphatic carboxylic acids is 1. The summed E-state index contributed by atoms with van der Waals surface area (Å²) >= 11 is 0. The highest BCUT2D eigenvalue weighted by Gasteiger charge is 2.39. The van der Waals surface area contributed by atoms with E-state index in [-0.39, 0.29) is 24.6 Å². The predicted octanol–water partition coefficient (Wildman–Crippen LogP) is 5.00. The van der Waals surface area contributed by atoms with Crippen molar-refractivity contribution in [3.8, 4) is 11.1 Å². The number of nitrogens with zero attached hydrogens (tertiary/aromatic N) is 3. The number of amides is 1. The third-order valence-corrected chi connectivity index (χ3v) is 6.53. The van der Waals surface area contributed by atoms with Gasteiger partial charge in [-0.3, -0.25) is 4.90 Å². The van der Waals surface area contributed by atoms with Crippen LogP contribution in [0.3, 0.4) is 0 Å². The average molecular weight is 446 g/mol. The van der Waals surface area contributed by atoms with Crippen LogP contribution in [0.15, 0.2) is 61.1 Å². The second-order valence-corrected chi connectivity index (χ2v) is 9.00. The van der Waals surface area contributed by atoms with E-state index in [4.69, 9.17) is 4.74 Å². The Bertz CT molecular complexity index is 1150. The lowest BCUT2D eigenvalue weighted by Crippen LogP contribution is -2.44. The normalized spacial score (nSPS) is 15.7. The van der Waals surface area contributed by atoms with Gasteiger partial charge in [0.05, 0.1) is 18.2 Å². The van der Waals surface area contributed by atoms with Gasteiger partial charge in [-0.2, -0.15) is 0 Å². The van der Waals surface area contributed by atoms with E-state index in [0.29, 0.717) is 5.69 Å². The summed E-state index contributed by atoms with van der Waals surface area (Å²) in [5.74, 6) is -1.18. The molecule has 0 radical (unpaired) electrons. The molecule has 1 saturated carbocycles. The van der Waals surface area contributed by atoms with Gasteiger partial charge in [-0.1, -0.05) is 48.5 Å². The predicted molar refractivity (Wildman–Crippen MR) is 123 cm³/mol. The molecule has 1 atom stereocenters. The highest BCUT2D eigenvalue weighted by molar-refractivity contribution is 5.82. The van der Waals surface area contributed by atoms with E-state index in [2.05, 4.69) is 29.2 Å². The molecule has 0 aliphatic heterocycles. The van der Waals surface area contributed by atoms with Crippen LogP contribution < -0.4 is 0 Å². The van der Waals surface area contributed by atoms with E-state index in [9.17, 15) is 14.7 Å². The largest absolute Gasteiger partial charge is 0.479 e. The Morgan fingerprint density at radius 3 is 2.24 bits per heavy atom. The highest BCUT2D eigenvalue weighted by Crippen LogP contribution is 2.44. The maximum absolute atomic E-state index is 13.3. The molecule has 170 valence electrons. The van der Waals surface area contributed by atoms with Gasteiger partial charge in [0.2, 0.25) is 0 Å². The summed E-state index contributed by atoms with van der Waals surface area (Å²) in [6, 6.07) is 15.0. The minimum Gasteiger partial charge on any atom is -0.479 e. The number of aromatic nitrogens is 2. The second kappa shape index (κ2) is 8.39. The zero-order valence-corrected chi connectivity index (χ0v) is 18.7. The van der Waals surface area contributed by atoms with Gasteiger partial charge in [0.25, 0.3) is 0 Å². The number of carbonyl (C=O) groups excluding carboxylic acids is 1. The summed E-state index contributed by atoms with van der Waals surface area (Å²) in [5, 5.41) is 10.1. The molecule has 0 spiro atoms. The van der Waals surface area contributed by atoms with Crippen molar-refractivity contribution >= 4 is 12.1 Å². The van der Waals surface area contributed by atoms with Gasteiger partial charge >= 0.3 is 12.1 Å². The number of ether oxygens (including phenoxy) is 1. The van der Waals surface area contributed by atoms with Gasteiger partial charge in [0.15, 0.2) is 6.04 Å². The first-order chi connectivity index (χ1) is 16.0. The van der Waals surface area contributed by atoms with Crippen LogP contribution in [-0.2, 0) is 9.53 Å². The molecule has 1 unspecified atom stereocenters. The molecule has 2 aromatic carbocycles. The Kier molecular flexibility index (Phi) is 5.40. The van der Waals surface area contributed by atoms with E-state index in [1.807, 2.05) is 28.8 Å². The van der Waals surface area contributed by atoms with Crippen molar-refractivity contribution in [3.05, 3.63) is 77.9 Å². The maximum Gasteiger partial charge on any atom is 0.411 e. The van der Waals surface area contributed by atoms with Gasteiger partial charge in [-0.05, 0) is 48.9 Å². The smallest absolute Gasteiger partial charge is 0.411 e. The molecule has 7 heteroatoms. The molecule has 1 fully saturated rings. The topological polar surface area (TPSA) is 84.7 Å². The summed E-state index contributed by atoms with van der Waals surface area (Å²) in [6.07, 6.45) is 4.54. The minimum atomic E-state index is -1.16. The third kappa shape index (κ3) is 3.77. The van der Waals surface area contributed by atoms with Gasteiger partial charge in [0, 0.05) is 18.0 Å². The molecule has 1 heterocycles. The van der Waals surface area contributed by atoms with E-state index in [1.165, 1.54) is 4.90 Å². The molecule has 0 bridgehead atoms. The lowest BCUT2D eigenvalue weighted by atomic mass is 9.98. The fraction of sp³-hybridized carbons (Fsp3) is 0.346. The van der Waals surface area contributed by atoms with E-state index in [1.54, 1.807) is 26.4 Å². The average Bonchev–Trinajstić information content (AvgIpc) is 3.45. The molecule has 0 saturated heterocycles. The van der Waals surface area contributed by atoms with E-state index >= 15 is 0 Å². The lowest BCUT2D eigenvalue weighted by molar-refractivity contribution is -0.144. The number of hydrogen-bond acceptors (Lipinski definition) is 4. The molecule has 5 rings (SSSR count). The van der Waals surface area contributed by atoms with Crippen molar-refractivity contribution in [2.75, 3.05) is 6.61 Å². The molecule has 1 aromatic heterocycles. The van der Waals surface area contributed by atoms with Crippen LogP contribution in [0.1, 0.15) is 61.5 Å². The lowest BCUT2D eigenvalue weighted by Gasteiger charge is -2.32. The number of carboxylic acid groups (broad SMARTS) is 1. The number of hydrogen-bond donors (Lipinski definition) is 1. The first-order valence-electron chi connectivity index (χ1n) is 11.3. The van der Waals surface area contributed by atoms with Crippen LogP contribution >= 0.6 is 0 Å². The second-order valence-electron chi connectivity index (χ2n) is 9.00. The van der Waals surface area contributed by atoms with Gasteiger partial charge in [0.1, 0.15) is 6.61 Å². The maximum atomic E-state index is 13.3. The van der Waals surface area contributed by atoms with Crippen LogP contribution in [0.4, 0.5) is 4.79 Å². The first-order valence-corrected chi connectivity index (χ1v) is 11.3. The number of carbonyl (C=O) groups is 2. The monoisotopic (exact) mass is 445 g/mol. The van der Waals surface area contributed by atoms with Gasteiger partial charge < -0.3 is 14.4 Å². The quantitative estimate of drug-likeness (QED) is 0.553. The Morgan fingerprint density at radius 2 is 1.70 bits per heavy atom. The van der Waals surface area contributed by atoms with Crippen molar-refractivity contribution < 1.29 is 19.4 Å². The Balaban J connectivity index is 1.41. The highest BCUT2D eigenvalue weighted by atomic mass is 16.6. The Labute approximate surface area is 192 Å². The Morgan fingerprint density at radius 1 is 1.09 bits per heavy atom. The standard InChI is InChI=1S/C26H27N3O4/c1-16(2)29(24(25(30)31)23-13-27-15-28(23)17-11-12-17)26(32)33-14-22-20-9-5-3-7-18(20)19-8-4-6-10-21(19)22/h3-10,13,15-17,22,24H,11-12,14H2,1-2H3,(H,30,31). The summed E-state index contributed by atoms with van der Waals surface area (Å²) < 4.78 is 7.68. The van der Waals surface area contributed by atoms with Gasteiger partial charge in [-0.25, -0.2) is 14.6 Å². The van der Waals surface area contributed by atoms with Crippen molar-refractivity contribution in [1.29, 1.82) is 0 Å². The summed E-state index contributed by atoms with van der Waals surface area (Å²) in [6.45, 7) is 3.74. The van der Waals surface area contributed by atoms with E-state index < -0.39 is 18.1 Å². The Hall–Kier alpha value is -3.61. The summed E-state index contributed by atoms with van der Waals surface area (Å²) in [5.41, 5.74) is 5.03. The molecule has 1 N–H and O–H groups in total. The molecule has 1 amide bonds. The molecule has 7 nitrogen and oxygen atoms in total. The minimum absolute atomic E-state index is 0.0874. The van der Waals surface area contributed by atoms with Crippen molar-refractivity contribution in [2.45, 2.75) is 50.7 Å². The van der Waals surface area contributed by atoms with Crippen LogP contribution in [0.25, 0.3) is 11.1 Å².